The van der Waals surface area contributed by atoms with Gasteiger partial charge in [0.1, 0.15) is 22.6 Å². The van der Waals surface area contributed by atoms with E-state index in [2.05, 4.69) is 0 Å². The smallest absolute Gasteiger partial charge is 0.339 e. The number of aryl methyl sites for hydroxylation is 1. The van der Waals surface area contributed by atoms with Gasteiger partial charge in [0.05, 0.1) is 0 Å². The third-order valence-corrected chi connectivity index (χ3v) is 5.31. The molecular formula is C24H18O6. The summed E-state index contributed by atoms with van der Waals surface area (Å²) in [6, 6.07) is 15.3. The van der Waals surface area contributed by atoms with Crippen LogP contribution >= 0.6 is 0 Å². The second-order valence-electron chi connectivity index (χ2n) is 7.24. The molecule has 0 spiro atoms. The number of carbonyl (C=O) groups is 2. The number of phenols is 2. The number of carboxylic acid groups (broad SMARTS) is 2. The van der Waals surface area contributed by atoms with Crippen LogP contribution in [0.25, 0.3) is 21.5 Å². The molecule has 6 heteroatoms. The van der Waals surface area contributed by atoms with E-state index < -0.39 is 23.4 Å². The summed E-state index contributed by atoms with van der Waals surface area (Å²) in [4.78, 5) is 23.3. The minimum Gasteiger partial charge on any atom is -0.507 e. The van der Waals surface area contributed by atoms with Crippen LogP contribution in [-0.4, -0.2) is 32.4 Å². The van der Waals surface area contributed by atoms with Crippen LogP contribution in [-0.2, 0) is 6.42 Å². The fourth-order valence-electron chi connectivity index (χ4n) is 3.86. The van der Waals surface area contributed by atoms with E-state index in [9.17, 15) is 30.0 Å². The molecule has 4 N–H and O–H groups in total. The van der Waals surface area contributed by atoms with Gasteiger partial charge in [-0.15, -0.1) is 0 Å². The number of benzene rings is 4. The highest BCUT2D eigenvalue weighted by molar-refractivity contribution is 6.02. The Morgan fingerprint density at radius 2 is 1.27 bits per heavy atom. The molecule has 0 aromatic heterocycles. The van der Waals surface area contributed by atoms with Crippen molar-refractivity contribution in [2.45, 2.75) is 13.3 Å². The van der Waals surface area contributed by atoms with Crippen LogP contribution in [0.2, 0.25) is 0 Å². The van der Waals surface area contributed by atoms with Crippen molar-refractivity contribution in [1.29, 1.82) is 0 Å². The van der Waals surface area contributed by atoms with Gasteiger partial charge >= 0.3 is 11.9 Å². The Hall–Kier alpha value is -4.06. The molecule has 0 atom stereocenters. The van der Waals surface area contributed by atoms with Crippen LogP contribution in [0.1, 0.15) is 37.4 Å². The lowest BCUT2D eigenvalue weighted by Gasteiger charge is -2.16. The molecule has 4 aromatic carbocycles. The molecule has 0 saturated carbocycles. The van der Waals surface area contributed by atoms with Crippen molar-refractivity contribution in [3.05, 3.63) is 82.4 Å². The van der Waals surface area contributed by atoms with E-state index in [0.717, 1.165) is 5.56 Å². The number of hydrogen-bond acceptors (Lipinski definition) is 4. The van der Waals surface area contributed by atoms with Crippen LogP contribution in [0.3, 0.4) is 0 Å². The molecule has 0 saturated heterocycles. The summed E-state index contributed by atoms with van der Waals surface area (Å²) in [6.07, 6.45) is -0.0417. The number of hydrogen-bond donors (Lipinski definition) is 4. The second kappa shape index (κ2) is 7.08. The Labute approximate surface area is 171 Å². The van der Waals surface area contributed by atoms with Crippen LogP contribution in [0, 0.1) is 6.92 Å². The molecule has 30 heavy (non-hydrogen) atoms. The first-order valence-electron chi connectivity index (χ1n) is 9.23. The Bertz CT molecular complexity index is 1350. The Kier molecular flexibility index (Phi) is 4.54. The minimum absolute atomic E-state index is 0.0417. The topological polar surface area (TPSA) is 115 Å². The Balaban J connectivity index is 2.05. The van der Waals surface area contributed by atoms with Crippen LogP contribution < -0.4 is 0 Å². The van der Waals surface area contributed by atoms with E-state index in [1.165, 1.54) is 12.1 Å². The molecule has 150 valence electrons. The fraction of sp³-hybridized carbons (Fsp3) is 0.0833. The molecule has 4 rings (SSSR count). The Morgan fingerprint density at radius 3 is 1.87 bits per heavy atom. The van der Waals surface area contributed by atoms with Crippen molar-refractivity contribution in [1.82, 2.24) is 0 Å². The molecule has 0 bridgehead atoms. The van der Waals surface area contributed by atoms with Gasteiger partial charge in [0, 0.05) is 17.5 Å². The average Bonchev–Trinajstić information content (AvgIpc) is 2.70. The van der Waals surface area contributed by atoms with Gasteiger partial charge in [-0.3, -0.25) is 0 Å². The first-order chi connectivity index (χ1) is 14.3. The molecule has 6 nitrogen and oxygen atoms in total. The van der Waals surface area contributed by atoms with Crippen molar-refractivity contribution in [3.63, 3.8) is 0 Å². The highest BCUT2D eigenvalue weighted by Crippen LogP contribution is 2.39. The summed E-state index contributed by atoms with van der Waals surface area (Å²) in [6.45, 7) is 1.88. The van der Waals surface area contributed by atoms with E-state index in [4.69, 9.17) is 0 Å². The van der Waals surface area contributed by atoms with Crippen molar-refractivity contribution >= 4 is 33.5 Å². The third-order valence-electron chi connectivity index (χ3n) is 5.31. The lowest BCUT2D eigenvalue weighted by Crippen LogP contribution is -2.04. The van der Waals surface area contributed by atoms with Crippen LogP contribution in [0.4, 0.5) is 0 Å². The van der Waals surface area contributed by atoms with E-state index in [0.29, 0.717) is 32.7 Å². The SMILES string of the molecule is Cc1ccc2c(Cc3c(O)c(C(=O)O)cc4ccccc34)c(O)c(C(=O)O)cc2c1. The molecule has 0 heterocycles. The van der Waals surface area contributed by atoms with E-state index in [1.54, 1.807) is 30.3 Å². The summed E-state index contributed by atoms with van der Waals surface area (Å²) < 4.78 is 0. The number of fused-ring (bicyclic) bond motifs is 2. The van der Waals surface area contributed by atoms with E-state index >= 15 is 0 Å². The summed E-state index contributed by atoms with van der Waals surface area (Å²) in [5.41, 5.74) is 1.05. The van der Waals surface area contributed by atoms with Crippen molar-refractivity contribution < 1.29 is 30.0 Å². The molecule has 0 aliphatic heterocycles. The summed E-state index contributed by atoms with van der Waals surface area (Å²) >= 11 is 0. The fourth-order valence-corrected chi connectivity index (χ4v) is 3.86. The van der Waals surface area contributed by atoms with Crippen molar-refractivity contribution in [3.8, 4) is 11.5 Å². The van der Waals surface area contributed by atoms with Gasteiger partial charge in [0.2, 0.25) is 0 Å². The standard InChI is InChI=1S/C24H18O6/c1-12-6-7-16-14(8-12)10-20(24(29)30)22(26)18(16)11-17-15-5-3-2-4-13(15)9-19(21(17)25)23(27)28/h2-10,25-26H,11H2,1H3,(H,27,28)(H,29,30). The summed E-state index contributed by atoms with van der Waals surface area (Å²) in [7, 11) is 0. The molecule has 0 aliphatic rings. The van der Waals surface area contributed by atoms with Gasteiger partial charge < -0.3 is 20.4 Å². The second-order valence-corrected chi connectivity index (χ2v) is 7.24. The van der Waals surface area contributed by atoms with Gasteiger partial charge in [-0.1, -0.05) is 48.0 Å². The normalized spacial score (nSPS) is 11.1. The average molecular weight is 402 g/mol. The molecule has 4 aromatic rings. The van der Waals surface area contributed by atoms with E-state index in [1.807, 2.05) is 19.1 Å². The highest BCUT2D eigenvalue weighted by atomic mass is 16.4. The maximum Gasteiger partial charge on any atom is 0.339 e. The lowest BCUT2D eigenvalue weighted by atomic mass is 9.90. The largest absolute Gasteiger partial charge is 0.507 e. The molecule has 0 aliphatic carbocycles. The first-order valence-corrected chi connectivity index (χ1v) is 9.23. The quantitative estimate of drug-likeness (QED) is 0.393. The predicted octanol–water partition coefficient (Wildman–Crippen LogP) is 4.70. The predicted molar refractivity (Wildman–Crippen MR) is 113 cm³/mol. The van der Waals surface area contributed by atoms with Gasteiger partial charge in [0.15, 0.2) is 0 Å². The summed E-state index contributed by atoms with van der Waals surface area (Å²) in [5.74, 6) is -3.35. The van der Waals surface area contributed by atoms with Crippen molar-refractivity contribution in [2.24, 2.45) is 0 Å². The van der Waals surface area contributed by atoms with Gasteiger partial charge in [-0.2, -0.15) is 0 Å². The third kappa shape index (κ3) is 3.08. The van der Waals surface area contributed by atoms with Gasteiger partial charge in [0.25, 0.3) is 0 Å². The Morgan fingerprint density at radius 1 is 0.733 bits per heavy atom. The summed E-state index contributed by atoms with van der Waals surface area (Å²) in [5, 5.41) is 43.0. The molecule has 0 fully saturated rings. The molecule has 0 amide bonds. The number of rotatable bonds is 4. The monoisotopic (exact) mass is 402 g/mol. The molecular weight excluding hydrogens is 384 g/mol. The van der Waals surface area contributed by atoms with E-state index in [-0.39, 0.29) is 17.5 Å². The number of aromatic hydroxyl groups is 2. The number of aromatic carboxylic acids is 2. The first kappa shape index (κ1) is 19.3. The van der Waals surface area contributed by atoms with Gasteiger partial charge in [-0.05, 0) is 40.6 Å². The zero-order valence-corrected chi connectivity index (χ0v) is 16.0. The van der Waals surface area contributed by atoms with Crippen LogP contribution in [0.15, 0.2) is 54.6 Å². The van der Waals surface area contributed by atoms with Crippen LogP contribution in [0.5, 0.6) is 11.5 Å². The van der Waals surface area contributed by atoms with Crippen molar-refractivity contribution in [2.75, 3.05) is 0 Å². The zero-order chi connectivity index (χ0) is 21.6. The molecule has 0 unspecified atom stereocenters. The highest BCUT2D eigenvalue weighted by Gasteiger charge is 2.22. The van der Waals surface area contributed by atoms with Gasteiger partial charge in [-0.25, -0.2) is 9.59 Å². The molecule has 0 radical (unpaired) electrons. The maximum atomic E-state index is 11.7. The maximum absolute atomic E-state index is 11.7. The zero-order valence-electron chi connectivity index (χ0n) is 16.0. The number of carboxylic acids is 2. The lowest BCUT2D eigenvalue weighted by molar-refractivity contribution is 0.0682. The minimum atomic E-state index is -1.27.